The third-order valence-corrected chi connectivity index (χ3v) is 4.96. The zero-order chi connectivity index (χ0) is 17.6. The molecule has 0 unspecified atom stereocenters. The van der Waals surface area contributed by atoms with Gasteiger partial charge in [-0.1, -0.05) is 31.9 Å². The molecule has 2 aromatic heterocycles. The number of fused-ring (bicyclic) bond motifs is 1. The second-order valence-electron chi connectivity index (χ2n) is 5.99. The predicted octanol–water partition coefficient (Wildman–Crippen LogP) is 3.80. The molecule has 25 heavy (non-hydrogen) atoms. The molecule has 1 amide bonds. The molecule has 1 aliphatic rings. The van der Waals surface area contributed by atoms with Crippen molar-refractivity contribution in [3.63, 3.8) is 0 Å². The van der Waals surface area contributed by atoms with Gasteiger partial charge < -0.3 is 9.88 Å². The van der Waals surface area contributed by atoms with Crippen LogP contribution in [0.4, 0.5) is 0 Å². The highest BCUT2D eigenvalue weighted by atomic mass is 79.9. The van der Waals surface area contributed by atoms with Gasteiger partial charge in [0.2, 0.25) is 5.43 Å². The van der Waals surface area contributed by atoms with Crippen LogP contribution in [0.5, 0.6) is 0 Å². The molecule has 1 fully saturated rings. The lowest BCUT2D eigenvalue weighted by atomic mass is 10.1. The summed E-state index contributed by atoms with van der Waals surface area (Å²) in [5.74, 6) is -0.332. The number of rotatable bonds is 3. The monoisotopic (exact) mass is 461 g/mol. The molecule has 1 saturated carbocycles. The number of hydrogen-bond donors (Lipinski definition) is 1. The molecule has 0 bridgehead atoms. The molecule has 126 valence electrons. The van der Waals surface area contributed by atoms with E-state index < -0.39 is 0 Å². The van der Waals surface area contributed by atoms with Crippen molar-refractivity contribution in [3.8, 4) is 5.69 Å². The molecule has 5 nitrogen and oxygen atoms in total. The van der Waals surface area contributed by atoms with E-state index >= 15 is 0 Å². The largest absolute Gasteiger partial charge is 0.349 e. The Bertz CT molecular complexity index is 1040. The topological polar surface area (TPSA) is 64.0 Å². The minimum atomic E-state index is -0.332. The van der Waals surface area contributed by atoms with Crippen LogP contribution in [-0.2, 0) is 0 Å². The van der Waals surface area contributed by atoms with Crippen molar-refractivity contribution in [2.75, 3.05) is 0 Å². The molecule has 0 radical (unpaired) electrons. The standard InChI is InChI=1S/C18H13Br2N3O2/c19-10-6-11(20)8-13(7-10)23-9-15(18(25)22-12-3-4-12)16(24)14-2-1-5-21-17(14)23/h1-2,5-9,12H,3-4H2,(H,22,25). The van der Waals surface area contributed by atoms with Gasteiger partial charge in [-0.2, -0.15) is 0 Å². The molecule has 1 aromatic carbocycles. The summed E-state index contributed by atoms with van der Waals surface area (Å²) in [4.78, 5) is 29.6. The lowest BCUT2D eigenvalue weighted by molar-refractivity contribution is 0.0949. The Kier molecular flexibility index (Phi) is 4.21. The average Bonchev–Trinajstić information content (AvgIpc) is 3.38. The molecule has 4 rings (SSSR count). The van der Waals surface area contributed by atoms with Crippen molar-refractivity contribution < 1.29 is 4.79 Å². The minimum absolute atomic E-state index is 0.128. The van der Waals surface area contributed by atoms with Crippen molar-refractivity contribution in [1.82, 2.24) is 14.9 Å². The smallest absolute Gasteiger partial charge is 0.257 e. The molecule has 1 aliphatic carbocycles. The Balaban J connectivity index is 1.97. The zero-order valence-corrected chi connectivity index (χ0v) is 16.2. The van der Waals surface area contributed by atoms with E-state index in [2.05, 4.69) is 42.2 Å². The van der Waals surface area contributed by atoms with Gasteiger partial charge in [-0.25, -0.2) is 4.98 Å². The first-order valence-corrected chi connectivity index (χ1v) is 9.39. The summed E-state index contributed by atoms with van der Waals surface area (Å²) in [5.41, 5.74) is 1.14. The van der Waals surface area contributed by atoms with E-state index in [1.54, 1.807) is 29.1 Å². The van der Waals surface area contributed by atoms with Crippen LogP contribution in [0.25, 0.3) is 16.7 Å². The molecular formula is C18H13Br2N3O2. The van der Waals surface area contributed by atoms with Gasteiger partial charge in [0.05, 0.1) is 5.39 Å². The maximum atomic E-state index is 12.8. The van der Waals surface area contributed by atoms with Gasteiger partial charge in [0.25, 0.3) is 5.91 Å². The second kappa shape index (κ2) is 6.38. The normalized spacial score (nSPS) is 13.8. The van der Waals surface area contributed by atoms with E-state index in [1.165, 1.54) is 0 Å². The van der Waals surface area contributed by atoms with E-state index in [0.29, 0.717) is 11.0 Å². The Labute approximate surface area is 160 Å². The highest BCUT2D eigenvalue weighted by molar-refractivity contribution is 9.11. The molecule has 7 heteroatoms. The predicted molar refractivity (Wildman–Crippen MR) is 103 cm³/mol. The van der Waals surface area contributed by atoms with Gasteiger partial charge in [-0.15, -0.1) is 0 Å². The van der Waals surface area contributed by atoms with Gasteiger partial charge in [-0.3, -0.25) is 9.59 Å². The zero-order valence-electron chi connectivity index (χ0n) is 13.0. The molecule has 2 heterocycles. The average molecular weight is 463 g/mol. The first kappa shape index (κ1) is 16.5. The fraction of sp³-hybridized carbons (Fsp3) is 0.167. The first-order chi connectivity index (χ1) is 12.0. The molecule has 0 aliphatic heterocycles. The van der Waals surface area contributed by atoms with Crippen LogP contribution >= 0.6 is 31.9 Å². The van der Waals surface area contributed by atoms with Crippen LogP contribution < -0.4 is 10.7 Å². The van der Waals surface area contributed by atoms with Crippen molar-refractivity contribution in [3.05, 3.63) is 67.5 Å². The molecule has 1 N–H and O–H groups in total. The quantitative estimate of drug-likeness (QED) is 0.643. The number of pyridine rings is 2. The number of hydrogen-bond acceptors (Lipinski definition) is 3. The van der Waals surface area contributed by atoms with Crippen LogP contribution in [0.2, 0.25) is 0 Å². The molecule has 3 aromatic rings. The fourth-order valence-electron chi connectivity index (χ4n) is 2.69. The van der Waals surface area contributed by atoms with Crippen LogP contribution in [0.15, 0.2) is 56.5 Å². The third kappa shape index (κ3) is 3.26. The van der Waals surface area contributed by atoms with E-state index in [0.717, 1.165) is 27.5 Å². The number of amides is 1. The summed E-state index contributed by atoms with van der Waals surface area (Å²) in [6.45, 7) is 0. The van der Waals surface area contributed by atoms with E-state index in [-0.39, 0.29) is 22.9 Å². The Morgan fingerprint density at radius 1 is 1.20 bits per heavy atom. The first-order valence-electron chi connectivity index (χ1n) is 7.80. The van der Waals surface area contributed by atoms with Crippen LogP contribution in [0.3, 0.4) is 0 Å². The second-order valence-corrected chi connectivity index (χ2v) is 7.82. The summed E-state index contributed by atoms with van der Waals surface area (Å²) < 4.78 is 3.53. The fourth-order valence-corrected chi connectivity index (χ4v) is 3.96. The number of carbonyl (C=O) groups is 1. The van der Waals surface area contributed by atoms with Gasteiger partial charge in [-0.05, 0) is 43.2 Å². The van der Waals surface area contributed by atoms with Crippen molar-refractivity contribution in [1.29, 1.82) is 0 Å². The number of nitrogens with one attached hydrogen (secondary N) is 1. The Hall–Kier alpha value is -1.99. The maximum Gasteiger partial charge on any atom is 0.257 e. The summed E-state index contributed by atoms with van der Waals surface area (Å²) in [6.07, 6.45) is 5.14. The van der Waals surface area contributed by atoms with Crippen LogP contribution in [0.1, 0.15) is 23.2 Å². The van der Waals surface area contributed by atoms with E-state index in [9.17, 15) is 9.59 Å². The third-order valence-electron chi connectivity index (χ3n) is 4.04. The van der Waals surface area contributed by atoms with E-state index in [1.807, 2.05) is 18.2 Å². The lowest BCUT2D eigenvalue weighted by Gasteiger charge is -2.13. The Morgan fingerprint density at radius 3 is 2.60 bits per heavy atom. The van der Waals surface area contributed by atoms with Crippen LogP contribution in [0, 0.1) is 0 Å². The van der Waals surface area contributed by atoms with Crippen molar-refractivity contribution in [2.24, 2.45) is 0 Å². The summed E-state index contributed by atoms with van der Waals surface area (Å²) in [6, 6.07) is 9.32. The summed E-state index contributed by atoms with van der Waals surface area (Å²) in [7, 11) is 0. The summed E-state index contributed by atoms with van der Waals surface area (Å²) in [5, 5.41) is 3.30. The van der Waals surface area contributed by atoms with Gasteiger partial charge in [0.1, 0.15) is 11.2 Å². The number of nitrogens with zero attached hydrogens (tertiary/aromatic N) is 2. The van der Waals surface area contributed by atoms with Gasteiger partial charge >= 0.3 is 0 Å². The van der Waals surface area contributed by atoms with Crippen LogP contribution in [-0.4, -0.2) is 21.5 Å². The highest BCUT2D eigenvalue weighted by Gasteiger charge is 2.26. The van der Waals surface area contributed by atoms with Crippen molar-refractivity contribution in [2.45, 2.75) is 18.9 Å². The van der Waals surface area contributed by atoms with Crippen molar-refractivity contribution >= 4 is 48.8 Å². The minimum Gasteiger partial charge on any atom is -0.349 e. The number of halogens is 2. The maximum absolute atomic E-state index is 12.8. The SMILES string of the molecule is O=C(NC1CC1)c1cn(-c2cc(Br)cc(Br)c2)c2ncccc2c1=O. The highest BCUT2D eigenvalue weighted by Crippen LogP contribution is 2.25. The van der Waals surface area contributed by atoms with Gasteiger partial charge in [0, 0.05) is 33.1 Å². The van der Waals surface area contributed by atoms with E-state index in [4.69, 9.17) is 0 Å². The molecule has 0 saturated heterocycles. The summed E-state index contributed by atoms with van der Waals surface area (Å²) >= 11 is 6.94. The number of aromatic nitrogens is 2. The van der Waals surface area contributed by atoms with Gasteiger partial charge in [0.15, 0.2) is 0 Å². The molecule has 0 spiro atoms. The lowest BCUT2D eigenvalue weighted by Crippen LogP contribution is -2.31. The number of carbonyl (C=O) groups excluding carboxylic acids is 1. The molecular weight excluding hydrogens is 450 g/mol. The molecule has 0 atom stereocenters. The Morgan fingerprint density at radius 2 is 1.92 bits per heavy atom. The number of benzene rings is 1.